The molecular formula is C11H12N4O2. The van der Waals surface area contributed by atoms with Gasteiger partial charge >= 0.3 is 5.97 Å². The van der Waals surface area contributed by atoms with E-state index in [4.69, 9.17) is 5.11 Å². The lowest BCUT2D eigenvalue weighted by Crippen LogP contribution is -2.22. The molecular weight excluding hydrogens is 220 g/mol. The number of aliphatic carboxylic acids is 1. The van der Waals surface area contributed by atoms with Crippen LogP contribution in [0.1, 0.15) is 17.8 Å². The second kappa shape index (κ2) is 3.73. The van der Waals surface area contributed by atoms with Gasteiger partial charge in [-0.2, -0.15) is 5.10 Å². The predicted molar refractivity (Wildman–Crippen MR) is 59.3 cm³/mol. The molecule has 2 aromatic heterocycles. The highest BCUT2D eigenvalue weighted by Crippen LogP contribution is 2.26. The zero-order chi connectivity index (χ0) is 11.8. The average molecular weight is 232 g/mol. The van der Waals surface area contributed by atoms with E-state index < -0.39 is 5.97 Å². The number of imidazole rings is 1. The standard InChI is InChI=1S/C11H12N4O2/c16-11(17)6-1-2-8-9(3-6)15-10(14-8)7-4-12-13-5-7/h4-6H,1-3H2,(H,12,13)(H,14,15)(H,16,17). The van der Waals surface area contributed by atoms with Crippen molar-refractivity contribution in [2.75, 3.05) is 0 Å². The largest absolute Gasteiger partial charge is 0.481 e. The number of carbonyl (C=O) groups is 1. The van der Waals surface area contributed by atoms with Crippen LogP contribution in [0.25, 0.3) is 11.4 Å². The van der Waals surface area contributed by atoms with Gasteiger partial charge in [-0.3, -0.25) is 9.89 Å². The van der Waals surface area contributed by atoms with Crippen LogP contribution in [-0.2, 0) is 17.6 Å². The van der Waals surface area contributed by atoms with Crippen LogP contribution >= 0.6 is 0 Å². The summed E-state index contributed by atoms with van der Waals surface area (Å²) in [6.07, 6.45) is 5.38. The molecule has 2 aromatic rings. The van der Waals surface area contributed by atoms with E-state index in [2.05, 4.69) is 20.2 Å². The van der Waals surface area contributed by atoms with Crippen molar-refractivity contribution < 1.29 is 9.90 Å². The van der Waals surface area contributed by atoms with Crippen molar-refractivity contribution in [2.24, 2.45) is 5.92 Å². The molecule has 1 atom stereocenters. The summed E-state index contributed by atoms with van der Waals surface area (Å²) in [5.41, 5.74) is 2.82. The monoisotopic (exact) mass is 232 g/mol. The number of hydrogen-bond acceptors (Lipinski definition) is 3. The van der Waals surface area contributed by atoms with Crippen LogP contribution < -0.4 is 0 Å². The molecule has 0 saturated heterocycles. The van der Waals surface area contributed by atoms with Gasteiger partial charge < -0.3 is 10.1 Å². The number of hydrogen-bond donors (Lipinski definition) is 3. The third-order valence-corrected chi connectivity index (χ3v) is 3.17. The minimum Gasteiger partial charge on any atom is -0.481 e. The van der Waals surface area contributed by atoms with Crippen LogP contribution in [-0.4, -0.2) is 31.2 Å². The zero-order valence-electron chi connectivity index (χ0n) is 9.10. The molecule has 0 aliphatic heterocycles. The molecule has 3 N–H and O–H groups in total. The number of aromatic nitrogens is 4. The van der Waals surface area contributed by atoms with Gasteiger partial charge in [0.15, 0.2) is 0 Å². The molecule has 3 rings (SSSR count). The molecule has 0 aromatic carbocycles. The summed E-state index contributed by atoms with van der Waals surface area (Å²) in [5.74, 6) is -0.259. The molecule has 0 spiro atoms. The van der Waals surface area contributed by atoms with Gasteiger partial charge in [0.2, 0.25) is 0 Å². The lowest BCUT2D eigenvalue weighted by atomic mass is 9.90. The molecule has 0 amide bonds. The third kappa shape index (κ3) is 1.71. The Morgan fingerprint density at radius 2 is 2.41 bits per heavy atom. The van der Waals surface area contributed by atoms with E-state index >= 15 is 0 Å². The number of carboxylic acid groups (broad SMARTS) is 1. The van der Waals surface area contributed by atoms with Crippen molar-refractivity contribution in [1.29, 1.82) is 0 Å². The first-order chi connectivity index (χ1) is 8.24. The molecule has 2 heterocycles. The molecule has 17 heavy (non-hydrogen) atoms. The van der Waals surface area contributed by atoms with Gasteiger partial charge in [-0.1, -0.05) is 0 Å². The molecule has 0 bridgehead atoms. The van der Waals surface area contributed by atoms with Gasteiger partial charge in [0.25, 0.3) is 0 Å². The minimum absolute atomic E-state index is 0.292. The van der Waals surface area contributed by atoms with Crippen molar-refractivity contribution >= 4 is 5.97 Å². The van der Waals surface area contributed by atoms with Crippen LogP contribution in [0.4, 0.5) is 0 Å². The molecule has 0 fully saturated rings. The maximum atomic E-state index is 11.0. The summed E-state index contributed by atoms with van der Waals surface area (Å²) in [6.45, 7) is 0. The summed E-state index contributed by atoms with van der Waals surface area (Å²) >= 11 is 0. The lowest BCUT2D eigenvalue weighted by molar-refractivity contribution is -0.142. The summed E-state index contributed by atoms with van der Waals surface area (Å²) in [7, 11) is 0. The SMILES string of the molecule is O=C(O)C1CCc2nc(-c3cn[nH]c3)[nH]c2C1. The van der Waals surface area contributed by atoms with Gasteiger partial charge in [0.05, 0.1) is 23.4 Å². The summed E-state index contributed by atoms with van der Waals surface area (Å²) in [4.78, 5) is 18.6. The first kappa shape index (κ1) is 10.1. The molecule has 88 valence electrons. The van der Waals surface area contributed by atoms with Gasteiger partial charge in [-0.25, -0.2) is 4.98 Å². The molecule has 1 aliphatic rings. The molecule has 0 saturated carbocycles. The van der Waals surface area contributed by atoms with Gasteiger partial charge in [0.1, 0.15) is 5.82 Å². The number of nitrogens with zero attached hydrogens (tertiary/aromatic N) is 2. The third-order valence-electron chi connectivity index (χ3n) is 3.17. The fourth-order valence-electron chi connectivity index (χ4n) is 2.21. The molecule has 6 nitrogen and oxygen atoms in total. The normalized spacial score (nSPS) is 18.9. The van der Waals surface area contributed by atoms with E-state index in [1.165, 1.54) is 0 Å². The fraction of sp³-hybridized carbons (Fsp3) is 0.364. The number of aromatic amines is 2. The first-order valence-electron chi connectivity index (χ1n) is 5.54. The van der Waals surface area contributed by atoms with Crippen LogP contribution in [0.15, 0.2) is 12.4 Å². The predicted octanol–water partition coefficient (Wildman–Crippen LogP) is 0.989. The van der Waals surface area contributed by atoms with E-state index in [0.717, 1.165) is 29.2 Å². The fourth-order valence-corrected chi connectivity index (χ4v) is 2.21. The van der Waals surface area contributed by atoms with Gasteiger partial charge in [0, 0.05) is 18.3 Å². The van der Waals surface area contributed by atoms with E-state index in [-0.39, 0.29) is 5.92 Å². The number of rotatable bonds is 2. The Morgan fingerprint density at radius 1 is 1.53 bits per heavy atom. The highest BCUT2D eigenvalue weighted by atomic mass is 16.4. The number of fused-ring (bicyclic) bond motifs is 1. The van der Waals surface area contributed by atoms with E-state index in [1.807, 2.05) is 0 Å². The molecule has 1 aliphatic carbocycles. The Balaban J connectivity index is 1.92. The molecule has 1 unspecified atom stereocenters. The molecule has 0 radical (unpaired) electrons. The summed E-state index contributed by atoms with van der Waals surface area (Å²) in [6, 6.07) is 0. The Labute approximate surface area is 97.1 Å². The maximum absolute atomic E-state index is 11.0. The summed E-state index contributed by atoms with van der Waals surface area (Å²) < 4.78 is 0. The van der Waals surface area contributed by atoms with Crippen LogP contribution in [0.3, 0.4) is 0 Å². The Morgan fingerprint density at radius 3 is 3.12 bits per heavy atom. The van der Waals surface area contributed by atoms with E-state index in [0.29, 0.717) is 12.8 Å². The van der Waals surface area contributed by atoms with Crippen molar-refractivity contribution in [1.82, 2.24) is 20.2 Å². The average Bonchev–Trinajstić information content (AvgIpc) is 2.96. The smallest absolute Gasteiger partial charge is 0.306 e. The van der Waals surface area contributed by atoms with Crippen molar-refractivity contribution in [3.05, 3.63) is 23.8 Å². The first-order valence-corrected chi connectivity index (χ1v) is 5.54. The van der Waals surface area contributed by atoms with Crippen molar-refractivity contribution in [3.63, 3.8) is 0 Å². The zero-order valence-corrected chi connectivity index (χ0v) is 9.10. The number of carboxylic acids is 1. The summed E-state index contributed by atoms with van der Waals surface area (Å²) in [5, 5.41) is 15.6. The Bertz CT molecular complexity index is 544. The van der Waals surface area contributed by atoms with Crippen LogP contribution in [0, 0.1) is 5.92 Å². The lowest BCUT2D eigenvalue weighted by Gasteiger charge is -2.16. The quantitative estimate of drug-likeness (QED) is 0.719. The Kier molecular flexibility index (Phi) is 2.21. The number of H-pyrrole nitrogens is 2. The number of nitrogens with one attached hydrogen (secondary N) is 2. The van der Waals surface area contributed by atoms with Crippen LogP contribution in [0.5, 0.6) is 0 Å². The van der Waals surface area contributed by atoms with Gasteiger partial charge in [-0.05, 0) is 12.8 Å². The highest BCUT2D eigenvalue weighted by molar-refractivity contribution is 5.71. The maximum Gasteiger partial charge on any atom is 0.306 e. The molecule has 6 heteroatoms. The van der Waals surface area contributed by atoms with E-state index in [1.54, 1.807) is 12.4 Å². The van der Waals surface area contributed by atoms with E-state index in [9.17, 15) is 4.79 Å². The topological polar surface area (TPSA) is 94.7 Å². The van der Waals surface area contributed by atoms with Crippen molar-refractivity contribution in [3.8, 4) is 11.4 Å². The second-order valence-electron chi connectivity index (χ2n) is 4.28. The second-order valence-corrected chi connectivity index (χ2v) is 4.28. The highest BCUT2D eigenvalue weighted by Gasteiger charge is 2.27. The Hall–Kier alpha value is -2.11. The van der Waals surface area contributed by atoms with Gasteiger partial charge in [-0.15, -0.1) is 0 Å². The van der Waals surface area contributed by atoms with Crippen LogP contribution in [0.2, 0.25) is 0 Å². The van der Waals surface area contributed by atoms with Crippen molar-refractivity contribution in [2.45, 2.75) is 19.3 Å². The minimum atomic E-state index is -0.727. The number of aryl methyl sites for hydroxylation is 1.